The van der Waals surface area contributed by atoms with Gasteiger partial charge in [-0.15, -0.1) is 0 Å². The fraction of sp³-hybridized carbons (Fsp3) is 0.222. The van der Waals surface area contributed by atoms with E-state index in [1.807, 2.05) is 0 Å². The minimum absolute atomic E-state index is 0.161. The standard InChI is InChI=1S/C27H27FN6O3S/c28-23-16-21(10-11-25(23)34-38(35,36)18-19-6-2-1-3-7-19)37-26-22(9-5-14-30-26)24-12-15-31-27(33-24)32-20-8-4-13-29-17-20/h1-3,5-7,9-12,14-16,20,29,34H,4,8,13,17-18H2,(H,31,32,33)/t20-/m0/s1. The van der Waals surface area contributed by atoms with Gasteiger partial charge in [0, 0.05) is 31.0 Å². The van der Waals surface area contributed by atoms with Gasteiger partial charge in [-0.2, -0.15) is 0 Å². The lowest BCUT2D eigenvalue weighted by molar-refractivity contribution is 0.460. The molecule has 2 aromatic heterocycles. The van der Waals surface area contributed by atoms with E-state index in [1.165, 1.54) is 12.1 Å². The third-order valence-corrected chi connectivity index (χ3v) is 7.20. The first-order valence-corrected chi connectivity index (χ1v) is 13.9. The maximum Gasteiger partial charge on any atom is 0.237 e. The molecular weight excluding hydrogens is 507 g/mol. The molecule has 5 rings (SSSR count). The van der Waals surface area contributed by atoms with Crippen LogP contribution < -0.4 is 20.1 Å². The van der Waals surface area contributed by atoms with Crippen LogP contribution in [0.5, 0.6) is 11.6 Å². The van der Waals surface area contributed by atoms with Crippen molar-refractivity contribution in [2.45, 2.75) is 24.6 Å². The van der Waals surface area contributed by atoms with Crippen LogP contribution in [-0.2, 0) is 15.8 Å². The van der Waals surface area contributed by atoms with Gasteiger partial charge in [0.05, 0.1) is 22.7 Å². The molecule has 0 radical (unpaired) electrons. The van der Waals surface area contributed by atoms with Gasteiger partial charge in [0.2, 0.25) is 21.9 Å². The first-order valence-electron chi connectivity index (χ1n) is 12.2. The summed E-state index contributed by atoms with van der Waals surface area (Å²) in [6, 6.07) is 18.1. The second-order valence-electron chi connectivity index (χ2n) is 8.90. The Balaban J connectivity index is 1.31. The Hall–Kier alpha value is -4.09. The molecule has 196 valence electrons. The fourth-order valence-electron chi connectivity index (χ4n) is 4.15. The number of nitrogens with one attached hydrogen (secondary N) is 3. The van der Waals surface area contributed by atoms with E-state index in [-0.39, 0.29) is 29.1 Å². The van der Waals surface area contributed by atoms with E-state index in [0.717, 1.165) is 32.0 Å². The number of benzene rings is 2. The first kappa shape index (κ1) is 25.6. The average Bonchev–Trinajstić information content (AvgIpc) is 2.92. The molecule has 0 bridgehead atoms. The van der Waals surface area contributed by atoms with Gasteiger partial charge in [-0.3, -0.25) is 4.72 Å². The maximum absolute atomic E-state index is 14.9. The third kappa shape index (κ3) is 6.61. The second-order valence-corrected chi connectivity index (χ2v) is 10.6. The zero-order chi connectivity index (χ0) is 26.4. The molecule has 11 heteroatoms. The Morgan fingerprint density at radius 1 is 1.03 bits per heavy atom. The van der Waals surface area contributed by atoms with E-state index in [0.29, 0.717) is 22.8 Å². The lowest BCUT2D eigenvalue weighted by atomic mass is 10.1. The maximum atomic E-state index is 14.9. The molecule has 1 aliphatic rings. The Labute approximate surface area is 220 Å². The van der Waals surface area contributed by atoms with Gasteiger partial charge in [0.25, 0.3) is 0 Å². The summed E-state index contributed by atoms with van der Waals surface area (Å²) in [5.74, 6) is -0.145. The normalized spacial score (nSPS) is 15.6. The topological polar surface area (TPSA) is 118 Å². The highest BCUT2D eigenvalue weighted by Gasteiger charge is 2.18. The highest BCUT2D eigenvalue weighted by Crippen LogP contribution is 2.32. The summed E-state index contributed by atoms with van der Waals surface area (Å²) in [5, 5.41) is 6.71. The minimum Gasteiger partial charge on any atom is -0.438 e. The number of sulfonamides is 1. The van der Waals surface area contributed by atoms with Crippen LogP contribution in [0.4, 0.5) is 16.0 Å². The van der Waals surface area contributed by atoms with Gasteiger partial charge in [-0.1, -0.05) is 30.3 Å². The minimum atomic E-state index is -3.81. The van der Waals surface area contributed by atoms with Crippen LogP contribution in [0.15, 0.2) is 79.1 Å². The Kier molecular flexibility index (Phi) is 7.75. The molecule has 0 unspecified atom stereocenters. The van der Waals surface area contributed by atoms with E-state index >= 15 is 0 Å². The molecule has 0 aliphatic carbocycles. The Morgan fingerprint density at radius 2 is 1.89 bits per heavy atom. The predicted molar refractivity (Wildman–Crippen MR) is 144 cm³/mol. The number of halogens is 1. The molecule has 38 heavy (non-hydrogen) atoms. The largest absolute Gasteiger partial charge is 0.438 e. The average molecular weight is 535 g/mol. The van der Waals surface area contributed by atoms with Crippen molar-refractivity contribution in [3.05, 3.63) is 90.5 Å². The third-order valence-electron chi connectivity index (χ3n) is 5.95. The summed E-state index contributed by atoms with van der Waals surface area (Å²) >= 11 is 0. The van der Waals surface area contributed by atoms with Crippen LogP contribution in [0.3, 0.4) is 0 Å². The molecule has 1 fully saturated rings. The van der Waals surface area contributed by atoms with Crippen molar-refractivity contribution >= 4 is 21.7 Å². The van der Waals surface area contributed by atoms with E-state index in [9.17, 15) is 12.8 Å². The van der Waals surface area contributed by atoms with Crippen LogP contribution in [0, 0.1) is 5.82 Å². The van der Waals surface area contributed by atoms with Crippen molar-refractivity contribution in [2.24, 2.45) is 0 Å². The van der Waals surface area contributed by atoms with E-state index in [4.69, 9.17) is 4.74 Å². The Morgan fingerprint density at radius 3 is 2.68 bits per heavy atom. The fourth-order valence-corrected chi connectivity index (χ4v) is 5.36. The monoisotopic (exact) mass is 534 g/mol. The molecule has 1 atom stereocenters. The van der Waals surface area contributed by atoms with Crippen LogP contribution in [0.2, 0.25) is 0 Å². The van der Waals surface area contributed by atoms with Gasteiger partial charge in [0.15, 0.2) is 5.82 Å². The van der Waals surface area contributed by atoms with Crippen LogP contribution in [0.25, 0.3) is 11.3 Å². The lowest BCUT2D eigenvalue weighted by Gasteiger charge is -2.23. The van der Waals surface area contributed by atoms with Crippen molar-refractivity contribution < 1.29 is 17.5 Å². The van der Waals surface area contributed by atoms with Crippen molar-refractivity contribution in [1.29, 1.82) is 0 Å². The summed E-state index contributed by atoms with van der Waals surface area (Å²) < 4.78 is 48.1. The molecule has 3 heterocycles. The molecule has 0 spiro atoms. The smallest absolute Gasteiger partial charge is 0.237 e. The van der Waals surface area contributed by atoms with Gasteiger partial charge in [-0.05, 0) is 55.3 Å². The molecule has 1 saturated heterocycles. The van der Waals surface area contributed by atoms with Gasteiger partial charge in [-0.25, -0.2) is 27.8 Å². The molecule has 2 aromatic carbocycles. The number of pyridine rings is 1. The van der Waals surface area contributed by atoms with Crippen molar-refractivity contribution in [2.75, 3.05) is 23.1 Å². The summed E-state index contributed by atoms with van der Waals surface area (Å²) in [5.41, 5.74) is 1.63. The number of nitrogens with zero attached hydrogens (tertiary/aromatic N) is 3. The second kappa shape index (κ2) is 11.5. The van der Waals surface area contributed by atoms with Gasteiger partial charge >= 0.3 is 0 Å². The number of ether oxygens (including phenoxy) is 1. The van der Waals surface area contributed by atoms with Gasteiger partial charge in [0.1, 0.15) is 5.75 Å². The number of piperidine rings is 1. The number of rotatable bonds is 9. The highest BCUT2D eigenvalue weighted by atomic mass is 32.2. The van der Waals surface area contributed by atoms with Crippen LogP contribution in [0.1, 0.15) is 18.4 Å². The highest BCUT2D eigenvalue weighted by molar-refractivity contribution is 7.91. The molecule has 4 aromatic rings. The molecule has 9 nitrogen and oxygen atoms in total. The quantitative estimate of drug-likeness (QED) is 0.286. The number of aromatic nitrogens is 3. The Bertz CT molecular complexity index is 1500. The molecular formula is C27H27FN6O3S. The number of hydrogen-bond donors (Lipinski definition) is 3. The predicted octanol–water partition coefficient (Wildman–Crippen LogP) is 4.58. The zero-order valence-electron chi connectivity index (χ0n) is 20.5. The van der Waals surface area contributed by atoms with Crippen molar-refractivity contribution in [3.63, 3.8) is 0 Å². The van der Waals surface area contributed by atoms with E-state index < -0.39 is 15.8 Å². The molecule has 1 aliphatic heterocycles. The number of hydrogen-bond acceptors (Lipinski definition) is 8. The summed E-state index contributed by atoms with van der Waals surface area (Å²) in [6.07, 6.45) is 5.34. The zero-order valence-corrected chi connectivity index (χ0v) is 21.3. The summed E-state index contributed by atoms with van der Waals surface area (Å²) in [4.78, 5) is 13.3. The van der Waals surface area contributed by atoms with Gasteiger partial charge < -0.3 is 15.4 Å². The first-order chi connectivity index (χ1) is 18.4. The lowest BCUT2D eigenvalue weighted by Crippen LogP contribution is -2.38. The van der Waals surface area contributed by atoms with Crippen molar-refractivity contribution in [1.82, 2.24) is 20.3 Å². The summed E-state index contributed by atoms with van der Waals surface area (Å²) in [6.45, 7) is 1.86. The molecule has 0 saturated carbocycles. The van der Waals surface area contributed by atoms with Crippen molar-refractivity contribution in [3.8, 4) is 22.9 Å². The van der Waals surface area contributed by atoms with Crippen LogP contribution in [-0.4, -0.2) is 42.5 Å². The van der Waals surface area contributed by atoms with Crippen LogP contribution >= 0.6 is 0 Å². The SMILES string of the molecule is O=S(=O)(Cc1ccccc1)Nc1ccc(Oc2ncccc2-c2ccnc(N[C@H]3CCCNC3)n2)cc1F. The number of anilines is 2. The van der Waals surface area contributed by atoms with E-state index in [2.05, 4.69) is 30.3 Å². The summed E-state index contributed by atoms with van der Waals surface area (Å²) in [7, 11) is -3.81. The van der Waals surface area contributed by atoms with E-state index in [1.54, 1.807) is 60.9 Å². The molecule has 0 amide bonds. The molecule has 3 N–H and O–H groups in total.